The first-order valence-corrected chi connectivity index (χ1v) is 6.49. The molecule has 1 unspecified atom stereocenters. The summed E-state index contributed by atoms with van der Waals surface area (Å²) >= 11 is 0. The van der Waals surface area contributed by atoms with Gasteiger partial charge in [-0.25, -0.2) is 0 Å². The average Bonchev–Trinajstić information content (AvgIpc) is 2.87. The fourth-order valence-corrected chi connectivity index (χ4v) is 1.92. The highest BCUT2D eigenvalue weighted by Gasteiger charge is 2.09. The van der Waals surface area contributed by atoms with Crippen molar-refractivity contribution in [3.63, 3.8) is 0 Å². The van der Waals surface area contributed by atoms with Crippen molar-refractivity contribution in [2.24, 2.45) is 0 Å². The van der Waals surface area contributed by atoms with Crippen molar-refractivity contribution in [1.29, 1.82) is 0 Å². The average molecular weight is 243 g/mol. The van der Waals surface area contributed by atoms with Crippen LogP contribution in [-0.2, 0) is 0 Å². The first-order valence-electron chi connectivity index (χ1n) is 6.49. The molecule has 1 atom stereocenters. The Bertz CT molecular complexity index is 496. The fraction of sp³-hybridized carbons (Fsp3) is 0.375. The first-order chi connectivity index (χ1) is 8.61. The van der Waals surface area contributed by atoms with Gasteiger partial charge in [-0.1, -0.05) is 38.1 Å². The van der Waals surface area contributed by atoms with E-state index < -0.39 is 0 Å². The zero-order chi connectivity index (χ0) is 13.1. The molecular weight excluding hydrogens is 222 g/mol. The Morgan fingerprint density at radius 3 is 2.17 bits per heavy atom. The van der Waals surface area contributed by atoms with Gasteiger partial charge in [-0.15, -0.1) is 0 Å². The molecule has 0 aliphatic heterocycles. The SMILES string of the molecule is CNC(C)c1ccc(-c2ccc(C(C)C)cc2)o1. The molecule has 96 valence electrons. The van der Waals surface area contributed by atoms with Crippen LogP contribution in [0, 0.1) is 0 Å². The summed E-state index contributed by atoms with van der Waals surface area (Å²) < 4.78 is 5.86. The standard InChI is InChI=1S/C16H21NO/c1-11(2)13-5-7-14(8-6-13)16-10-9-15(18-16)12(3)17-4/h5-12,17H,1-4H3. The molecule has 0 fully saturated rings. The second-order valence-corrected chi connectivity index (χ2v) is 4.99. The normalized spacial score (nSPS) is 12.9. The molecule has 1 aromatic carbocycles. The predicted octanol–water partition coefficient (Wildman–Crippen LogP) is 4.35. The minimum absolute atomic E-state index is 0.244. The Balaban J connectivity index is 2.23. The van der Waals surface area contributed by atoms with Gasteiger partial charge in [-0.3, -0.25) is 0 Å². The van der Waals surface area contributed by atoms with Crippen LogP contribution in [0.3, 0.4) is 0 Å². The van der Waals surface area contributed by atoms with Gasteiger partial charge < -0.3 is 9.73 Å². The molecule has 0 saturated heterocycles. The maximum atomic E-state index is 5.86. The lowest BCUT2D eigenvalue weighted by molar-refractivity contribution is 0.458. The summed E-state index contributed by atoms with van der Waals surface area (Å²) in [6.45, 7) is 6.49. The van der Waals surface area contributed by atoms with Gasteiger partial charge in [0.2, 0.25) is 0 Å². The first kappa shape index (κ1) is 12.9. The van der Waals surface area contributed by atoms with Crippen LogP contribution in [0.4, 0.5) is 0 Å². The van der Waals surface area contributed by atoms with E-state index in [9.17, 15) is 0 Å². The summed E-state index contributed by atoms with van der Waals surface area (Å²) in [5, 5.41) is 3.18. The van der Waals surface area contributed by atoms with Crippen molar-refractivity contribution in [3.8, 4) is 11.3 Å². The molecule has 0 saturated carbocycles. The Kier molecular flexibility index (Phi) is 3.87. The van der Waals surface area contributed by atoms with Crippen LogP contribution in [0.2, 0.25) is 0 Å². The van der Waals surface area contributed by atoms with E-state index >= 15 is 0 Å². The number of nitrogens with one attached hydrogen (secondary N) is 1. The minimum Gasteiger partial charge on any atom is -0.459 e. The molecule has 0 amide bonds. The van der Waals surface area contributed by atoms with Crippen molar-refractivity contribution in [3.05, 3.63) is 47.7 Å². The number of furan rings is 1. The highest BCUT2D eigenvalue weighted by atomic mass is 16.3. The van der Waals surface area contributed by atoms with Crippen LogP contribution in [0.15, 0.2) is 40.8 Å². The largest absolute Gasteiger partial charge is 0.459 e. The maximum absolute atomic E-state index is 5.86. The van der Waals surface area contributed by atoms with Crippen LogP contribution >= 0.6 is 0 Å². The molecule has 2 heteroatoms. The molecule has 0 spiro atoms. The molecule has 18 heavy (non-hydrogen) atoms. The summed E-state index contributed by atoms with van der Waals surface area (Å²) in [6.07, 6.45) is 0. The molecule has 0 bridgehead atoms. The van der Waals surface area contributed by atoms with E-state index in [0.717, 1.165) is 17.1 Å². The molecular formula is C16H21NO. The lowest BCUT2D eigenvalue weighted by atomic mass is 10.0. The summed E-state index contributed by atoms with van der Waals surface area (Å²) in [5.41, 5.74) is 2.49. The summed E-state index contributed by atoms with van der Waals surface area (Å²) in [7, 11) is 1.93. The monoisotopic (exact) mass is 243 g/mol. The van der Waals surface area contributed by atoms with Crippen molar-refractivity contribution in [2.45, 2.75) is 32.7 Å². The fourth-order valence-electron chi connectivity index (χ4n) is 1.92. The number of hydrogen-bond acceptors (Lipinski definition) is 2. The van der Waals surface area contributed by atoms with Gasteiger partial charge in [0.25, 0.3) is 0 Å². The van der Waals surface area contributed by atoms with E-state index in [4.69, 9.17) is 4.42 Å². The Hall–Kier alpha value is -1.54. The van der Waals surface area contributed by atoms with Gasteiger partial charge in [0.1, 0.15) is 11.5 Å². The number of rotatable bonds is 4. The van der Waals surface area contributed by atoms with Crippen molar-refractivity contribution in [2.75, 3.05) is 7.05 Å². The summed E-state index contributed by atoms with van der Waals surface area (Å²) in [6, 6.07) is 12.9. The molecule has 0 radical (unpaired) electrons. The van der Waals surface area contributed by atoms with E-state index in [2.05, 4.69) is 50.4 Å². The topological polar surface area (TPSA) is 25.2 Å². The Morgan fingerprint density at radius 1 is 0.944 bits per heavy atom. The zero-order valence-electron chi connectivity index (χ0n) is 11.5. The van der Waals surface area contributed by atoms with Crippen LogP contribution in [-0.4, -0.2) is 7.05 Å². The van der Waals surface area contributed by atoms with Gasteiger partial charge in [0, 0.05) is 5.56 Å². The van der Waals surface area contributed by atoms with Crippen LogP contribution in [0.1, 0.15) is 44.1 Å². The molecule has 0 aliphatic rings. The predicted molar refractivity (Wildman–Crippen MR) is 75.7 cm³/mol. The molecule has 2 nitrogen and oxygen atoms in total. The molecule has 2 rings (SSSR count). The van der Waals surface area contributed by atoms with E-state index in [-0.39, 0.29) is 6.04 Å². The third-order valence-corrected chi connectivity index (χ3v) is 3.35. The van der Waals surface area contributed by atoms with Crippen LogP contribution in [0.25, 0.3) is 11.3 Å². The number of hydrogen-bond donors (Lipinski definition) is 1. The molecule has 1 heterocycles. The summed E-state index contributed by atoms with van der Waals surface area (Å²) in [5.74, 6) is 2.47. The van der Waals surface area contributed by atoms with E-state index in [1.165, 1.54) is 5.56 Å². The van der Waals surface area contributed by atoms with Gasteiger partial charge in [-0.2, -0.15) is 0 Å². The third kappa shape index (κ3) is 2.65. The van der Waals surface area contributed by atoms with Crippen molar-refractivity contribution in [1.82, 2.24) is 5.32 Å². The molecule has 1 N–H and O–H groups in total. The lowest BCUT2D eigenvalue weighted by Gasteiger charge is -2.07. The van der Waals surface area contributed by atoms with Gasteiger partial charge in [0.05, 0.1) is 6.04 Å². The van der Waals surface area contributed by atoms with Crippen molar-refractivity contribution < 1.29 is 4.42 Å². The molecule has 0 aliphatic carbocycles. The van der Waals surface area contributed by atoms with Crippen LogP contribution in [0.5, 0.6) is 0 Å². The quantitative estimate of drug-likeness (QED) is 0.863. The maximum Gasteiger partial charge on any atom is 0.134 e. The van der Waals surface area contributed by atoms with Crippen LogP contribution < -0.4 is 5.32 Å². The summed E-state index contributed by atoms with van der Waals surface area (Å²) in [4.78, 5) is 0. The van der Waals surface area contributed by atoms with Gasteiger partial charge in [-0.05, 0) is 37.6 Å². The third-order valence-electron chi connectivity index (χ3n) is 3.35. The second-order valence-electron chi connectivity index (χ2n) is 4.99. The molecule has 1 aromatic heterocycles. The second kappa shape index (κ2) is 5.40. The van der Waals surface area contributed by atoms with Gasteiger partial charge in [0.15, 0.2) is 0 Å². The van der Waals surface area contributed by atoms with Crippen molar-refractivity contribution >= 4 is 0 Å². The van der Waals surface area contributed by atoms with E-state index in [1.807, 2.05) is 19.2 Å². The smallest absolute Gasteiger partial charge is 0.134 e. The number of benzene rings is 1. The van der Waals surface area contributed by atoms with Gasteiger partial charge >= 0.3 is 0 Å². The molecule has 2 aromatic rings. The zero-order valence-corrected chi connectivity index (χ0v) is 11.5. The van der Waals surface area contributed by atoms with E-state index in [0.29, 0.717) is 5.92 Å². The lowest BCUT2D eigenvalue weighted by Crippen LogP contribution is -2.10. The van der Waals surface area contributed by atoms with E-state index in [1.54, 1.807) is 0 Å². The highest BCUT2D eigenvalue weighted by Crippen LogP contribution is 2.26. The Morgan fingerprint density at radius 2 is 1.61 bits per heavy atom. The highest BCUT2D eigenvalue weighted by molar-refractivity contribution is 5.58. The Labute approximate surface area is 109 Å². The minimum atomic E-state index is 0.244.